The maximum Gasteiger partial charge on any atom is 0.0991 e. The molecule has 20 heavy (non-hydrogen) atoms. The first-order chi connectivity index (χ1) is 9.78. The molecule has 0 N–H and O–H groups in total. The van der Waals surface area contributed by atoms with E-state index in [1.54, 1.807) is 0 Å². The van der Waals surface area contributed by atoms with Crippen molar-refractivity contribution in [1.82, 2.24) is 9.47 Å². The molecule has 102 valence electrons. The van der Waals surface area contributed by atoms with Gasteiger partial charge in [-0.3, -0.25) is 4.90 Å². The number of rotatable bonds is 3. The number of nitrogens with zero attached hydrogens (tertiary/aromatic N) is 3. The highest BCUT2D eigenvalue weighted by molar-refractivity contribution is 5.31. The van der Waals surface area contributed by atoms with Crippen LogP contribution in [0.25, 0.3) is 0 Å². The van der Waals surface area contributed by atoms with Crippen LogP contribution in [0.1, 0.15) is 35.7 Å². The summed E-state index contributed by atoms with van der Waals surface area (Å²) in [4.78, 5) is 2.54. The Morgan fingerprint density at radius 3 is 2.70 bits per heavy atom. The molecule has 0 radical (unpaired) electrons. The smallest absolute Gasteiger partial charge is 0.0991 e. The molecule has 1 aromatic heterocycles. The zero-order valence-corrected chi connectivity index (χ0v) is 11.8. The molecule has 0 spiro atoms. The monoisotopic (exact) mass is 265 g/mol. The van der Waals surface area contributed by atoms with Gasteiger partial charge in [-0.1, -0.05) is 12.1 Å². The van der Waals surface area contributed by atoms with E-state index in [1.807, 2.05) is 12.1 Å². The minimum atomic E-state index is 0.519. The Morgan fingerprint density at radius 1 is 1.25 bits per heavy atom. The number of nitriles is 1. The molecule has 0 aliphatic carbocycles. The number of likely N-dealkylation sites (tertiary alicyclic amines) is 1. The van der Waals surface area contributed by atoms with E-state index >= 15 is 0 Å². The van der Waals surface area contributed by atoms with E-state index in [4.69, 9.17) is 5.26 Å². The largest absolute Gasteiger partial charge is 0.353 e. The molecule has 1 fully saturated rings. The summed E-state index contributed by atoms with van der Waals surface area (Å²) in [5, 5.41) is 8.85. The number of benzene rings is 1. The van der Waals surface area contributed by atoms with Crippen LogP contribution in [0.3, 0.4) is 0 Å². The summed E-state index contributed by atoms with van der Waals surface area (Å²) in [7, 11) is 2.12. The van der Waals surface area contributed by atoms with Gasteiger partial charge in [-0.05, 0) is 49.2 Å². The van der Waals surface area contributed by atoms with Gasteiger partial charge in [0.25, 0.3) is 0 Å². The van der Waals surface area contributed by atoms with Gasteiger partial charge in [-0.25, -0.2) is 0 Å². The Kier molecular flexibility index (Phi) is 3.58. The van der Waals surface area contributed by atoms with Crippen molar-refractivity contribution in [1.29, 1.82) is 5.26 Å². The van der Waals surface area contributed by atoms with Crippen LogP contribution in [0.15, 0.2) is 42.6 Å². The van der Waals surface area contributed by atoms with E-state index in [1.165, 1.54) is 24.1 Å². The van der Waals surface area contributed by atoms with E-state index in [2.05, 4.69) is 53.0 Å². The normalized spacial score (nSPS) is 19.1. The average molecular weight is 265 g/mol. The zero-order valence-electron chi connectivity index (χ0n) is 11.8. The lowest BCUT2D eigenvalue weighted by molar-refractivity contribution is 0.241. The summed E-state index contributed by atoms with van der Waals surface area (Å²) in [6.45, 7) is 2.11. The summed E-state index contributed by atoms with van der Waals surface area (Å²) in [6, 6.07) is 15.0. The second-order valence-corrected chi connectivity index (χ2v) is 5.48. The molecule has 1 aliphatic rings. The Bertz CT molecular complexity index is 618. The third-order valence-electron chi connectivity index (χ3n) is 4.16. The predicted octanol–water partition coefficient (Wildman–Crippen LogP) is 3.23. The van der Waals surface area contributed by atoms with E-state index < -0.39 is 0 Å². The van der Waals surface area contributed by atoms with Crippen LogP contribution in [0.4, 0.5) is 0 Å². The van der Waals surface area contributed by atoms with Crippen LogP contribution in [-0.2, 0) is 13.6 Å². The van der Waals surface area contributed by atoms with Gasteiger partial charge in [0.05, 0.1) is 17.7 Å². The Morgan fingerprint density at radius 2 is 2.05 bits per heavy atom. The van der Waals surface area contributed by atoms with Crippen LogP contribution in [-0.4, -0.2) is 16.0 Å². The van der Waals surface area contributed by atoms with Gasteiger partial charge in [-0.2, -0.15) is 5.26 Å². The molecule has 0 saturated carbocycles. The molecule has 1 aliphatic heterocycles. The van der Waals surface area contributed by atoms with E-state index in [0.717, 1.165) is 18.7 Å². The maximum atomic E-state index is 8.85. The second-order valence-electron chi connectivity index (χ2n) is 5.48. The standard InChI is InChI=1S/C17H19N3/c1-19-10-2-4-16(19)17-5-3-11-20(17)13-15-8-6-14(12-18)7-9-15/h2,4,6-10,17H,3,5,11,13H2,1H3/t17-/m0/s1. The molecular weight excluding hydrogens is 246 g/mol. The summed E-state index contributed by atoms with van der Waals surface area (Å²) < 4.78 is 2.22. The van der Waals surface area contributed by atoms with E-state index in [9.17, 15) is 0 Å². The first-order valence-corrected chi connectivity index (χ1v) is 7.12. The van der Waals surface area contributed by atoms with Gasteiger partial charge >= 0.3 is 0 Å². The van der Waals surface area contributed by atoms with Crippen molar-refractivity contribution in [3.8, 4) is 6.07 Å². The SMILES string of the molecule is Cn1cccc1[C@@H]1CCCN1Cc1ccc(C#N)cc1. The van der Waals surface area contributed by atoms with Crippen molar-refractivity contribution in [2.24, 2.45) is 7.05 Å². The quantitative estimate of drug-likeness (QED) is 0.853. The minimum Gasteiger partial charge on any atom is -0.353 e. The number of aromatic nitrogens is 1. The van der Waals surface area contributed by atoms with Crippen molar-refractivity contribution in [3.05, 3.63) is 59.4 Å². The molecule has 0 unspecified atom stereocenters. The molecular formula is C17H19N3. The Hall–Kier alpha value is -2.05. The van der Waals surface area contributed by atoms with Crippen LogP contribution in [0, 0.1) is 11.3 Å². The maximum absolute atomic E-state index is 8.85. The van der Waals surface area contributed by atoms with Gasteiger partial charge in [0.2, 0.25) is 0 Å². The first-order valence-electron chi connectivity index (χ1n) is 7.12. The Balaban J connectivity index is 1.76. The van der Waals surface area contributed by atoms with Crippen molar-refractivity contribution in [2.75, 3.05) is 6.54 Å². The fourth-order valence-electron chi connectivity index (χ4n) is 3.09. The molecule has 0 amide bonds. The van der Waals surface area contributed by atoms with Gasteiger partial charge in [0.1, 0.15) is 0 Å². The lowest BCUT2D eigenvalue weighted by Gasteiger charge is -2.25. The highest BCUT2D eigenvalue weighted by Gasteiger charge is 2.27. The van der Waals surface area contributed by atoms with Gasteiger partial charge in [0, 0.05) is 25.5 Å². The van der Waals surface area contributed by atoms with Gasteiger partial charge in [0.15, 0.2) is 0 Å². The predicted molar refractivity (Wildman–Crippen MR) is 79.0 cm³/mol. The van der Waals surface area contributed by atoms with Crippen LogP contribution < -0.4 is 0 Å². The molecule has 3 heteroatoms. The highest BCUT2D eigenvalue weighted by Crippen LogP contribution is 2.33. The molecule has 3 nitrogen and oxygen atoms in total. The number of aryl methyl sites for hydroxylation is 1. The number of hydrogen-bond acceptors (Lipinski definition) is 2. The molecule has 0 bridgehead atoms. The first kappa shape index (κ1) is 13.0. The van der Waals surface area contributed by atoms with E-state index in [0.29, 0.717) is 6.04 Å². The molecule has 1 aromatic carbocycles. The van der Waals surface area contributed by atoms with Gasteiger partial charge < -0.3 is 4.57 Å². The fourth-order valence-corrected chi connectivity index (χ4v) is 3.09. The molecule has 1 atom stereocenters. The molecule has 2 heterocycles. The minimum absolute atomic E-state index is 0.519. The zero-order chi connectivity index (χ0) is 13.9. The summed E-state index contributed by atoms with van der Waals surface area (Å²) in [6.07, 6.45) is 4.60. The van der Waals surface area contributed by atoms with Gasteiger partial charge in [-0.15, -0.1) is 0 Å². The van der Waals surface area contributed by atoms with Crippen molar-refractivity contribution in [2.45, 2.75) is 25.4 Å². The summed E-state index contributed by atoms with van der Waals surface area (Å²) in [5.41, 5.74) is 3.41. The van der Waals surface area contributed by atoms with Crippen LogP contribution >= 0.6 is 0 Å². The topological polar surface area (TPSA) is 32.0 Å². The van der Waals surface area contributed by atoms with Crippen molar-refractivity contribution >= 4 is 0 Å². The third kappa shape index (κ3) is 2.48. The summed E-state index contributed by atoms with van der Waals surface area (Å²) in [5.74, 6) is 0. The third-order valence-corrected chi connectivity index (χ3v) is 4.16. The summed E-state index contributed by atoms with van der Waals surface area (Å²) >= 11 is 0. The average Bonchev–Trinajstić information content (AvgIpc) is 3.08. The van der Waals surface area contributed by atoms with Crippen molar-refractivity contribution in [3.63, 3.8) is 0 Å². The Labute approximate surface area is 120 Å². The van der Waals surface area contributed by atoms with Crippen LogP contribution in [0.5, 0.6) is 0 Å². The molecule has 2 aromatic rings. The molecule has 1 saturated heterocycles. The van der Waals surface area contributed by atoms with Crippen LogP contribution in [0.2, 0.25) is 0 Å². The van der Waals surface area contributed by atoms with E-state index in [-0.39, 0.29) is 0 Å². The highest BCUT2D eigenvalue weighted by atomic mass is 15.2. The van der Waals surface area contributed by atoms with Crippen molar-refractivity contribution < 1.29 is 0 Å². The lowest BCUT2D eigenvalue weighted by Crippen LogP contribution is -2.24. The lowest BCUT2D eigenvalue weighted by atomic mass is 10.1. The molecule has 3 rings (SSSR count). The fraction of sp³-hybridized carbons (Fsp3) is 0.353. The number of hydrogen-bond donors (Lipinski definition) is 0. The second kappa shape index (κ2) is 5.52.